The fraction of sp³-hybridized carbons (Fsp3) is 0.875. The predicted molar refractivity (Wildman–Crippen MR) is 51.4 cm³/mol. The molecule has 0 saturated carbocycles. The predicted octanol–water partition coefficient (Wildman–Crippen LogP) is -0.467. The van der Waals surface area contributed by atoms with Crippen LogP contribution in [0.15, 0.2) is 4.99 Å². The van der Waals surface area contributed by atoms with Crippen molar-refractivity contribution in [2.45, 2.75) is 18.9 Å². The molecule has 1 fully saturated rings. The summed E-state index contributed by atoms with van der Waals surface area (Å²) in [6.07, 6.45) is 2.36. The van der Waals surface area contributed by atoms with Crippen molar-refractivity contribution < 1.29 is 0 Å². The lowest BCUT2D eigenvalue weighted by Crippen LogP contribution is -2.46. The fourth-order valence-electron chi connectivity index (χ4n) is 1.41. The number of piperidine rings is 1. The van der Waals surface area contributed by atoms with Gasteiger partial charge in [0, 0.05) is 20.1 Å². The smallest absolute Gasteiger partial charge is 0.190 e. The van der Waals surface area contributed by atoms with Crippen LogP contribution in [0.5, 0.6) is 0 Å². The van der Waals surface area contributed by atoms with E-state index in [1.54, 1.807) is 7.05 Å². The lowest BCUT2D eigenvalue weighted by Gasteiger charge is -2.24. The van der Waals surface area contributed by atoms with Gasteiger partial charge in [-0.25, -0.2) is 0 Å². The molecule has 3 N–H and O–H groups in total. The maximum absolute atomic E-state index is 4.07. The Morgan fingerprint density at radius 3 is 2.58 bits per heavy atom. The van der Waals surface area contributed by atoms with Gasteiger partial charge in [0.25, 0.3) is 0 Å². The van der Waals surface area contributed by atoms with Gasteiger partial charge in [0.05, 0.1) is 0 Å². The van der Waals surface area contributed by atoms with E-state index in [2.05, 4.69) is 20.9 Å². The van der Waals surface area contributed by atoms with E-state index in [1.165, 1.54) is 12.8 Å². The molecule has 0 aromatic carbocycles. The number of nitrogens with one attached hydrogen (secondary N) is 3. The van der Waals surface area contributed by atoms with Crippen LogP contribution < -0.4 is 16.0 Å². The lowest BCUT2D eigenvalue weighted by molar-refractivity contribution is 0.426. The molecule has 0 spiro atoms. The minimum Gasteiger partial charge on any atom is -0.359 e. The Morgan fingerprint density at radius 2 is 2.08 bits per heavy atom. The molecule has 1 rings (SSSR count). The monoisotopic (exact) mass is 170 g/mol. The van der Waals surface area contributed by atoms with E-state index in [4.69, 9.17) is 0 Å². The van der Waals surface area contributed by atoms with Crippen molar-refractivity contribution >= 4 is 5.96 Å². The number of hydrogen-bond donors (Lipinski definition) is 3. The Morgan fingerprint density at radius 1 is 1.42 bits per heavy atom. The molecule has 0 amide bonds. The molecule has 0 aliphatic carbocycles. The molecule has 0 aromatic heterocycles. The first kappa shape index (κ1) is 9.32. The number of nitrogens with zero attached hydrogens (tertiary/aromatic N) is 1. The van der Waals surface area contributed by atoms with E-state index in [-0.39, 0.29) is 0 Å². The highest BCUT2D eigenvalue weighted by Crippen LogP contribution is 2.00. The van der Waals surface area contributed by atoms with Gasteiger partial charge >= 0.3 is 0 Å². The molecule has 0 radical (unpaired) electrons. The average molecular weight is 170 g/mol. The van der Waals surface area contributed by atoms with Crippen LogP contribution in [-0.4, -0.2) is 39.2 Å². The van der Waals surface area contributed by atoms with Crippen LogP contribution in [0.2, 0.25) is 0 Å². The summed E-state index contributed by atoms with van der Waals surface area (Å²) >= 11 is 0. The Hall–Kier alpha value is -0.770. The van der Waals surface area contributed by atoms with Gasteiger partial charge in [0.2, 0.25) is 0 Å². The number of rotatable bonds is 1. The van der Waals surface area contributed by atoms with Crippen molar-refractivity contribution in [1.29, 1.82) is 0 Å². The topological polar surface area (TPSA) is 48.5 Å². The second kappa shape index (κ2) is 4.98. The highest BCUT2D eigenvalue weighted by molar-refractivity contribution is 5.79. The molecule has 1 heterocycles. The zero-order valence-electron chi connectivity index (χ0n) is 7.85. The first-order chi connectivity index (χ1) is 5.86. The standard InChI is InChI=1S/C8H18N4/c1-9-8(10-2)12-7-3-5-11-6-4-7/h7,11H,3-6H2,1-2H3,(H2,9,10,12). The summed E-state index contributed by atoms with van der Waals surface area (Å²) in [5.74, 6) is 0.891. The van der Waals surface area contributed by atoms with E-state index < -0.39 is 0 Å². The largest absolute Gasteiger partial charge is 0.359 e. The van der Waals surface area contributed by atoms with Crippen LogP contribution in [0.4, 0.5) is 0 Å². The third-order valence-corrected chi connectivity index (χ3v) is 2.14. The van der Waals surface area contributed by atoms with Gasteiger partial charge in [-0.15, -0.1) is 0 Å². The Kier molecular flexibility index (Phi) is 3.87. The molecule has 1 saturated heterocycles. The van der Waals surface area contributed by atoms with Crippen molar-refractivity contribution in [2.75, 3.05) is 27.2 Å². The summed E-state index contributed by atoms with van der Waals surface area (Å²) in [6, 6.07) is 0.581. The Labute approximate surface area is 73.8 Å². The zero-order valence-corrected chi connectivity index (χ0v) is 7.85. The molecular weight excluding hydrogens is 152 g/mol. The zero-order chi connectivity index (χ0) is 8.81. The quantitative estimate of drug-likeness (QED) is 0.368. The van der Waals surface area contributed by atoms with Crippen molar-refractivity contribution in [3.8, 4) is 0 Å². The molecule has 0 unspecified atom stereocenters. The second-order valence-corrected chi connectivity index (χ2v) is 2.99. The lowest BCUT2D eigenvalue weighted by atomic mass is 10.1. The van der Waals surface area contributed by atoms with Crippen LogP contribution >= 0.6 is 0 Å². The molecule has 0 bridgehead atoms. The molecule has 12 heavy (non-hydrogen) atoms. The molecule has 1 aliphatic heterocycles. The molecule has 0 aromatic rings. The van der Waals surface area contributed by atoms with Crippen molar-refractivity contribution in [3.63, 3.8) is 0 Å². The maximum atomic E-state index is 4.07. The Bertz CT molecular complexity index is 149. The Balaban J connectivity index is 2.28. The van der Waals surface area contributed by atoms with Crippen LogP contribution in [0, 0.1) is 0 Å². The summed E-state index contributed by atoms with van der Waals surface area (Å²) in [6.45, 7) is 2.22. The van der Waals surface area contributed by atoms with Gasteiger partial charge in [0.15, 0.2) is 5.96 Å². The molecule has 4 nitrogen and oxygen atoms in total. The van der Waals surface area contributed by atoms with E-state index in [0.29, 0.717) is 6.04 Å². The van der Waals surface area contributed by atoms with Crippen molar-refractivity contribution in [1.82, 2.24) is 16.0 Å². The SMILES string of the molecule is C/N=C(\NC)NC1CCNCC1. The van der Waals surface area contributed by atoms with E-state index in [0.717, 1.165) is 19.0 Å². The van der Waals surface area contributed by atoms with Gasteiger partial charge in [-0.05, 0) is 25.9 Å². The summed E-state index contributed by atoms with van der Waals surface area (Å²) in [4.78, 5) is 4.07. The third-order valence-electron chi connectivity index (χ3n) is 2.14. The van der Waals surface area contributed by atoms with Crippen LogP contribution in [0.25, 0.3) is 0 Å². The van der Waals surface area contributed by atoms with Crippen molar-refractivity contribution in [3.05, 3.63) is 0 Å². The second-order valence-electron chi connectivity index (χ2n) is 2.99. The average Bonchev–Trinajstić information content (AvgIpc) is 2.16. The molecular formula is C8H18N4. The third kappa shape index (κ3) is 2.70. The minimum atomic E-state index is 0.581. The van der Waals surface area contributed by atoms with Crippen LogP contribution in [0.3, 0.4) is 0 Å². The first-order valence-corrected chi connectivity index (χ1v) is 4.48. The maximum Gasteiger partial charge on any atom is 0.190 e. The van der Waals surface area contributed by atoms with E-state index in [9.17, 15) is 0 Å². The van der Waals surface area contributed by atoms with Crippen LogP contribution in [0.1, 0.15) is 12.8 Å². The molecule has 4 heteroatoms. The summed E-state index contributed by atoms with van der Waals surface area (Å²) in [5, 5.41) is 9.70. The number of hydrogen-bond acceptors (Lipinski definition) is 2. The first-order valence-electron chi connectivity index (χ1n) is 4.48. The van der Waals surface area contributed by atoms with Gasteiger partial charge in [-0.3, -0.25) is 4.99 Å². The van der Waals surface area contributed by atoms with E-state index >= 15 is 0 Å². The fourth-order valence-corrected chi connectivity index (χ4v) is 1.41. The van der Waals surface area contributed by atoms with Gasteiger partial charge < -0.3 is 16.0 Å². The van der Waals surface area contributed by atoms with Gasteiger partial charge in [0.1, 0.15) is 0 Å². The highest BCUT2D eigenvalue weighted by atomic mass is 15.2. The summed E-state index contributed by atoms with van der Waals surface area (Å²) < 4.78 is 0. The number of guanidine groups is 1. The number of aliphatic imine (C=N–C) groups is 1. The van der Waals surface area contributed by atoms with Gasteiger partial charge in [-0.2, -0.15) is 0 Å². The summed E-state index contributed by atoms with van der Waals surface area (Å²) in [5.41, 5.74) is 0. The molecule has 1 aliphatic rings. The van der Waals surface area contributed by atoms with E-state index in [1.807, 2.05) is 7.05 Å². The summed E-state index contributed by atoms with van der Waals surface area (Å²) in [7, 11) is 3.68. The molecule has 70 valence electrons. The highest BCUT2D eigenvalue weighted by Gasteiger charge is 2.12. The minimum absolute atomic E-state index is 0.581. The van der Waals surface area contributed by atoms with Crippen molar-refractivity contribution in [2.24, 2.45) is 4.99 Å². The normalized spacial score (nSPS) is 20.7. The molecule has 0 atom stereocenters. The van der Waals surface area contributed by atoms with Crippen LogP contribution in [-0.2, 0) is 0 Å². The van der Waals surface area contributed by atoms with Gasteiger partial charge in [-0.1, -0.05) is 0 Å².